The van der Waals surface area contributed by atoms with E-state index in [4.69, 9.17) is 4.42 Å². The largest absolute Gasteiger partial charge is 0.465 e. The zero-order valence-corrected chi connectivity index (χ0v) is 13.0. The number of nitrogens with one attached hydrogen (secondary N) is 2. The summed E-state index contributed by atoms with van der Waals surface area (Å²) in [5.41, 5.74) is 0.741. The highest BCUT2D eigenvalue weighted by atomic mass is 16.5. The van der Waals surface area contributed by atoms with Gasteiger partial charge in [0.1, 0.15) is 17.1 Å². The first kappa shape index (κ1) is 16.2. The molecule has 3 rings (SSSR count). The number of benzene rings is 1. The topological polar surface area (TPSA) is 115 Å². The Hall–Kier alpha value is -3.68. The molecule has 8 heteroatoms. The van der Waals surface area contributed by atoms with Gasteiger partial charge in [-0.05, 0) is 30.3 Å². The zero-order chi connectivity index (χ0) is 18.0. The van der Waals surface area contributed by atoms with Gasteiger partial charge >= 0.3 is 12.0 Å². The Kier molecular flexibility index (Phi) is 4.17. The van der Waals surface area contributed by atoms with E-state index in [1.807, 2.05) is 10.6 Å². The van der Waals surface area contributed by atoms with E-state index in [1.165, 1.54) is 13.2 Å². The molecular formula is C17H12N2O6. The number of imide groups is 2. The van der Waals surface area contributed by atoms with Gasteiger partial charge in [-0.2, -0.15) is 0 Å². The quantitative estimate of drug-likeness (QED) is 0.497. The molecule has 0 radical (unpaired) electrons. The highest BCUT2D eigenvalue weighted by Crippen LogP contribution is 2.24. The smallest absolute Gasteiger partial charge is 0.337 e. The summed E-state index contributed by atoms with van der Waals surface area (Å²) < 4.78 is 10.3. The second-order valence-corrected chi connectivity index (χ2v) is 5.07. The minimum atomic E-state index is -0.869. The maximum Gasteiger partial charge on any atom is 0.337 e. The summed E-state index contributed by atoms with van der Waals surface area (Å²) in [6, 6.07) is 8.94. The lowest BCUT2D eigenvalue weighted by molar-refractivity contribution is -0.123. The Labute approximate surface area is 141 Å². The molecule has 8 nitrogen and oxygen atoms in total. The molecule has 1 saturated heterocycles. The van der Waals surface area contributed by atoms with Crippen LogP contribution in [0.25, 0.3) is 17.4 Å². The minimum absolute atomic E-state index is 0.244. The monoisotopic (exact) mass is 340 g/mol. The second-order valence-electron chi connectivity index (χ2n) is 5.07. The van der Waals surface area contributed by atoms with Crippen molar-refractivity contribution in [3.63, 3.8) is 0 Å². The first-order valence-electron chi connectivity index (χ1n) is 7.15. The lowest BCUT2D eigenvalue weighted by Gasteiger charge is -2.13. The Morgan fingerprint density at radius 3 is 2.48 bits per heavy atom. The van der Waals surface area contributed by atoms with Gasteiger partial charge in [0.2, 0.25) is 0 Å². The Bertz CT molecular complexity index is 903. The molecule has 1 aromatic carbocycles. The molecule has 0 aliphatic carbocycles. The SMILES string of the molecule is COC(=O)c1cccc(-c2ccc(C=C3C(=O)NC(=O)NC3=O)o2)c1. The molecule has 0 unspecified atom stereocenters. The number of carbonyl (C=O) groups excluding carboxylic acids is 4. The number of rotatable bonds is 3. The van der Waals surface area contributed by atoms with Crippen molar-refractivity contribution in [2.24, 2.45) is 0 Å². The molecule has 1 aromatic heterocycles. The molecule has 1 fully saturated rings. The maximum atomic E-state index is 11.7. The number of hydrogen-bond donors (Lipinski definition) is 2. The third-order valence-corrected chi connectivity index (χ3v) is 3.42. The number of hydrogen-bond acceptors (Lipinski definition) is 6. The molecule has 25 heavy (non-hydrogen) atoms. The number of urea groups is 1. The zero-order valence-electron chi connectivity index (χ0n) is 13.0. The van der Waals surface area contributed by atoms with Crippen LogP contribution in [-0.4, -0.2) is 30.9 Å². The van der Waals surface area contributed by atoms with Crippen LogP contribution >= 0.6 is 0 Å². The van der Waals surface area contributed by atoms with E-state index in [1.54, 1.807) is 36.4 Å². The van der Waals surface area contributed by atoms with Gasteiger partial charge in [0.05, 0.1) is 12.7 Å². The van der Waals surface area contributed by atoms with Crippen molar-refractivity contribution >= 4 is 29.9 Å². The molecule has 126 valence electrons. The summed E-state index contributed by atoms with van der Waals surface area (Å²) in [6.45, 7) is 0. The Balaban J connectivity index is 1.89. The summed E-state index contributed by atoms with van der Waals surface area (Å²) in [5.74, 6) is -1.41. The molecule has 1 aliphatic heterocycles. The van der Waals surface area contributed by atoms with Crippen molar-refractivity contribution in [2.45, 2.75) is 0 Å². The van der Waals surface area contributed by atoms with E-state index in [9.17, 15) is 19.2 Å². The second kappa shape index (κ2) is 6.44. The van der Waals surface area contributed by atoms with Crippen LogP contribution in [0.5, 0.6) is 0 Å². The fraction of sp³-hybridized carbons (Fsp3) is 0.0588. The first-order chi connectivity index (χ1) is 12.0. The predicted octanol–water partition coefficient (Wildman–Crippen LogP) is 1.48. The minimum Gasteiger partial charge on any atom is -0.465 e. The van der Waals surface area contributed by atoms with Crippen molar-refractivity contribution in [3.05, 3.63) is 53.3 Å². The van der Waals surface area contributed by atoms with Crippen LogP contribution in [-0.2, 0) is 14.3 Å². The fourth-order valence-electron chi connectivity index (χ4n) is 2.25. The summed E-state index contributed by atoms with van der Waals surface area (Å²) in [5, 5.41) is 3.95. The number of amides is 4. The molecule has 0 spiro atoms. The van der Waals surface area contributed by atoms with Gasteiger partial charge in [-0.3, -0.25) is 20.2 Å². The summed E-state index contributed by atoms with van der Waals surface area (Å²) in [6.07, 6.45) is 1.23. The highest BCUT2D eigenvalue weighted by molar-refractivity contribution is 6.31. The Morgan fingerprint density at radius 1 is 1.08 bits per heavy atom. The van der Waals surface area contributed by atoms with Gasteiger partial charge in [0, 0.05) is 5.56 Å². The molecule has 0 bridgehead atoms. The van der Waals surface area contributed by atoms with Crippen LogP contribution in [0.15, 0.2) is 46.4 Å². The van der Waals surface area contributed by atoms with Crippen molar-refractivity contribution in [3.8, 4) is 11.3 Å². The number of ether oxygens (including phenoxy) is 1. The summed E-state index contributed by atoms with van der Waals surface area (Å²) in [7, 11) is 1.29. The van der Waals surface area contributed by atoms with Gasteiger partial charge in [0.15, 0.2) is 0 Å². The van der Waals surface area contributed by atoms with E-state index in [0.717, 1.165) is 0 Å². The van der Waals surface area contributed by atoms with Crippen LogP contribution < -0.4 is 10.6 Å². The molecule has 0 saturated carbocycles. The standard InChI is InChI=1S/C17H12N2O6/c1-24-16(22)10-4-2-3-9(7-10)13-6-5-11(25-13)8-12-14(20)18-17(23)19-15(12)21/h2-8H,1H3,(H2,18,19,20,21,23). The lowest BCUT2D eigenvalue weighted by Crippen LogP contribution is -2.51. The van der Waals surface area contributed by atoms with E-state index >= 15 is 0 Å². The van der Waals surface area contributed by atoms with E-state index < -0.39 is 23.8 Å². The molecule has 2 N–H and O–H groups in total. The van der Waals surface area contributed by atoms with E-state index in [0.29, 0.717) is 16.9 Å². The van der Waals surface area contributed by atoms with E-state index in [-0.39, 0.29) is 11.3 Å². The fourth-order valence-corrected chi connectivity index (χ4v) is 2.25. The van der Waals surface area contributed by atoms with Gasteiger partial charge in [-0.1, -0.05) is 12.1 Å². The normalized spacial score (nSPS) is 14.0. The van der Waals surface area contributed by atoms with Crippen molar-refractivity contribution in [1.29, 1.82) is 0 Å². The summed E-state index contributed by atoms with van der Waals surface area (Å²) >= 11 is 0. The molecule has 2 aromatic rings. The third-order valence-electron chi connectivity index (χ3n) is 3.42. The van der Waals surface area contributed by atoms with Crippen molar-refractivity contribution in [1.82, 2.24) is 10.6 Å². The van der Waals surface area contributed by atoms with Gasteiger partial charge in [-0.25, -0.2) is 9.59 Å². The number of furan rings is 1. The molecular weight excluding hydrogens is 328 g/mol. The predicted molar refractivity (Wildman–Crippen MR) is 85.1 cm³/mol. The average molecular weight is 340 g/mol. The van der Waals surface area contributed by atoms with Gasteiger partial charge < -0.3 is 9.15 Å². The molecule has 4 amide bonds. The molecule has 0 atom stereocenters. The number of methoxy groups -OCH3 is 1. The summed E-state index contributed by atoms with van der Waals surface area (Å²) in [4.78, 5) is 46.0. The molecule has 1 aliphatic rings. The third kappa shape index (κ3) is 3.32. The van der Waals surface area contributed by atoms with Crippen LogP contribution in [0.1, 0.15) is 16.1 Å². The van der Waals surface area contributed by atoms with Crippen LogP contribution in [0.3, 0.4) is 0 Å². The first-order valence-corrected chi connectivity index (χ1v) is 7.15. The Morgan fingerprint density at radius 2 is 1.80 bits per heavy atom. The van der Waals surface area contributed by atoms with Crippen LogP contribution in [0.2, 0.25) is 0 Å². The van der Waals surface area contributed by atoms with Gasteiger partial charge in [-0.15, -0.1) is 0 Å². The van der Waals surface area contributed by atoms with Crippen molar-refractivity contribution in [2.75, 3.05) is 7.11 Å². The van der Waals surface area contributed by atoms with Crippen LogP contribution in [0, 0.1) is 0 Å². The van der Waals surface area contributed by atoms with Crippen LogP contribution in [0.4, 0.5) is 4.79 Å². The lowest BCUT2D eigenvalue weighted by atomic mass is 10.1. The van der Waals surface area contributed by atoms with E-state index in [2.05, 4.69) is 4.74 Å². The molecule has 2 heterocycles. The van der Waals surface area contributed by atoms with Gasteiger partial charge in [0.25, 0.3) is 11.8 Å². The maximum absolute atomic E-state index is 11.7. The number of barbiturate groups is 1. The number of esters is 1. The average Bonchev–Trinajstić information content (AvgIpc) is 3.06. The highest BCUT2D eigenvalue weighted by Gasteiger charge is 2.28. The van der Waals surface area contributed by atoms with Crippen molar-refractivity contribution < 1.29 is 28.3 Å². The number of carbonyl (C=O) groups is 4.